The van der Waals surface area contributed by atoms with Gasteiger partial charge in [0.1, 0.15) is 11.6 Å². The van der Waals surface area contributed by atoms with Crippen LogP contribution in [0, 0.1) is 5.82 Å². The Hall–Kier alpha value is -3.10. The third-order valence-electron chi connectivity index (χ3n) is 3.62. The second-order valence-corrected chi connectivity index (χ2v) is 5.34. The van der Waals surface area contributed by atoms with Crippen molar-refractivity contribution in [3.63, 3.8) is 0 Å². The van der Waals surface area contributed by atoms with Crippen molar-refractivity contribution in [2.45, 2.75) is 19.7 Å². The van der Waals surface area contributed by atoms with E-state index in [2.05, 4.69) is 15.0 Å². The molecule has 9 heteroatoms. The third-order valence-corrected chi connectivity index (χ3v) is 3.62. The molecule has 0 amide bonds. The molecule has 0 spiro atoms. The predicted octanol–water partition coefficient (Wildman–Crippen LogP) is 3.05. The summed E-state index contributed by atoms with van der Waals surface area (Å²) in [5.74, 6) is 0.217. The van der Waals surface area contributed by atoms with Gasteiger partial charge in [0, 0.05) is 12.1 Å². The molecule has 6 nitrogen and oxygen atoms in total. The largest absolute Gasteiger partial charge is 0.493 e. The number of alkyl halides is 2. The molecule has 2 rings (SSSR count). The summed E-state index contributed by atoms with van der Waals surface area (Å²) in [5, 5.41) is 2.68. The number of hydrogen-bond acceptors (Lipinski definition) is 4. The van der Waals surface area contributed by atoms with Gasteiger partial charge in [-0.05, 0) is 29.8 Å². The first-order valence-corrected chi connectivity index (χ1v) is 7.91. The van der Waals surface area contributed by atoms with Crippen LogP contribution in [0.25, 0.3) is 0 Å². The highest BCUT2D eigenvalue weighted by atomic mass is 19.3. The second-order valence-electron chi connectivity index (χ2n) is 5.34. The smallest absolute Gasteiger partial charge is 0.387 e. The summed E-state index contributed by atoms with van der Waals surface area (Å²) in [4.78, 5) is 4.14. The minimum atomic E-state index is -3.05. The molecule has 0 heterocycles. The fraction of sp³-hybridized carbons (Fsp3) is 0.278. The lowest BCUT2D eigenvalue weighted by molar-refractivity contribution is -0.0506. The average Bonchev–Trinajstić information content (AvgIpc) is 2.65. The first-order chi connectivity index (χ1) is 12.9. The number of methoxy groups -OCH3 is 2. The summed E-state index contributed by atoms with van der Waals surface area (Å²) in [5.41, 5.74) is 6.51. The van der Waals surface area contributed by atoms with Crippen LogP contribution >= 0.6 is 0 Å². The second kappa shape index (κ2) is 9.56. The van der Waals surface area contributed by atoms with E-state index in [1.165, 1.54) is 26.4 Å². The highest BCUT2D eigenvalue weighted by molar-refractivity contribution is 5.77. The van der Waals surface area contributed by atoms with Crippen molar-refractivity contribution in [3.05, 3.63) is 53.3 Å². The topological polar surface area (TPSA) is 78.1 Å². The van der Waals surface area contributed by atoms with E-state index in [0.29, 0.717) is 11.5 Å². The van der Waals surface area contributed by atoms with Crippen molar-refractivity contribution in [2.24, 2.45) is 10.7 Å². The first kappa shape index (κ1) is 20.2. The van der Waals surface area contributed by atoms with Crippen molar-refractivity contribution in [2.75, 3.05) is 14.2 Å². The van der Waals surface area contributed by atoms with Gasteiger partial charge in [0.25, 0.3) is 0 Å². The minimum Gasteiger partial charge on any atom is -0.493 e. The van der Waals surface area contributed by atoms with Gasteiger partial charge in [0.05, 0.1) is 20.8 Å². The molecule has 0 fully saturated rings. The number of ether oxygens (including phenoxy) is 3. The maximum Gasteiger partial charge on any atom is 0.387 e. The Morgan fingerprint density at radius 1 is 1.11 bits per heavy atom. The van der Waals surface area contributed by atoms with E-state index < -0.39 is 12.4 Å². The van der Waals surface area contributed by atoms with E-state index in [9.17, 15) is 13.2 Å². The Morgan fingerprint density at radius 3 is 2.52 bits per heavy atom. The Morgan fingerprint density at radius 2 is 1.85 bits per heavy atom. The molecule has 0 saturated heterocycles. The SMILES string of the molecule is COc1ccc(CN=C(N)NCc2c(F)cccc2OC(F)F)cc1OC. The standard InChI is InChI=1S/C18H20F3N3O3/c1-25-15-7-6-11(8-16(15)26-2)9-23-18(22)24-10-12-13(19)4-3-5-14(12)27-17(20)21/h3-8,17H,9-10H2,1-2H3,(H3,22,23,24). The Kier molecular flexibility index (Phi) is 7.16. The van der Waals surface area contributed by atoms with Crippen LogP contribution in [0.4, 0.5) is 13.2 Å². The number of halogens is 3. The van der Waals surface area contributed by atoms with E-state index in [1.807, 2.05) is 0 Å². The first-order valence-electron chi connectivity index (χ1n) is 7.91. The van der Waals surface area contributed by atoms with E-state index >= 15 is 0 Å². The molecule has 27 heavy (non-hydrogen) atoms. The van der Waals surface area contributed by atoms with Gasteiger partial charge in [-0.3, -0.25) is 0 Å². The maximum atomic E-state index is 13.9. The van der Waals surface area contributed by atoms with Gasteiger partial charge in [-0.15, -0.1) is 0 Å². The third kappa shape index (κ3) is 5.70. The zero-order valence-corrected chi connectivity index (χ0v) is 14.8. The zero-order chi connectivity index (χ0) is 19.8. The highest BCUT2D eigenvalue weighted by Gasteiger charge is 2.13. The Balaban J connectivity index is 2.03. The van der Waals surface area contributed by atoms with Gasteiger partial charge in [-0.25, -0.2) is 9.38 Å². The molecule has 0 aromatic heterocycles. The van der Waals surface area contributed by atoms with Crippen LogP contribution < -0.4 is 25.3 Å². The van der Waals surface area contributed by atoms with Crippen LogP contribution in [-0.4, -0.2) is 26.8 Å². The molecule has 0 radical (unpaired) electrons. The summed E-state index contributed by atoms with van der Waals surface area (Å²) >= 11 is 0. The molecule has 146 valence electrons. The number of hydrogen-bond donors (Lipinski definition) is 2. The molecule has 0 atom stereocenters. The van der Waals surface area contributed by atoms with Gasteiger partial charge in [-0.2, -0.15) is 8.78 Å². The fourth-order valence-electron chi connectivity index (χ4n) is 2.31. The van der Waals surface area contributed by atoms with Crippen LogP contribution in [0.1, 0.15) is 11.1 Å². The summed E-state index contributed by atoms with van der Waals surface area (Å²) in [6.07, 6.45) is 0. The van der Waals surface area contributed by atoms with Gasteiger partial charge in [-0.1, -0.05) is 12.1 Å². The maximum absolute atomic E-state index is 13.9. The zero-order valence-electron chi connectivity index (χ0n) is 14.8. The van der Waals surface area contributed by atoms with Crippen molar-refractivity contribution in [1.82, 2.24) is 5.32 Å². The summed E-state index contributed by atoms with van der Waals surface area (Å²) in [6, 6.07) is 8.96. The van der Waals surface area contributed by atoms with Crippen molar-refractivity contribution in [3.8, 4) is 17.2 Å². The number of benzene rings is 2. The number of guanidine groups is 1. The number of nitrogens with one attached hydrogen (secondary N) is 1. The minimum absolute atomic E-state index is 0.0241. The molecule has 0 aliphatic carbocycles. The molecule has 0 saturated carbocycles. The van der Waals surface area contributed by atoms with Gasteiger partial charge < -0.3 is 25.3 Å². The van der Waals surface area contributed by atoms with Crippen molar-refractivity contribution < 1.29 is 27.4 Å². The number of nitrogens with zero attached hydrogens (tertiary/aromatic N) is 1. The van der Waals surface area contributed by atoms with Crippen LogP contribution in [0.15, 0.2) is 41.4 Å². The lowest BCUT2D eigenvalue weighted by atomic mass is 10.2. The molecule has 3 N–H and O–H groups in total. The molecule has 0 aliphatic heterocycles. The number of nitrogens with two attached hydrogens (primary N) is 1. The van der Waals surface area contributed by atoms with Gasteiger partial charge in [0.15, 0.2) is 17.5 Å². The summed E-state index contributed by atoms with van der Waals surface area (Å²) in [6.45, 7) is -2.98. The summed E-state index contributed by atoms with van der Waals surface area (Å²) < 4.78 is 53.4. The van der Waals surface area contributed by atoms with E-state index in [0.717, 1.165) is 11.6 Å². The normalized spacial score (nSPS) is 11.4. The van der Waals surface area contributed by atoms with Gasteiger partial charge in [0.2, 0.25) is 0 Å². The molecule has 0 bridgehead atoms. The predicted molar refractivity (Wildman–Crippen MR) is 94.7 cm³/mol. The monoisotopic (exact) mass is 383 g/mol. The molecular formula is C18H20F3N3O3. The lowest BCUT2D eigenvalue weighted by Gasteiger charge is -2.13. The average molecular weight is 383 g/mol. The molecular weight excluding hydrogens is 363 g/mol. The van der Waals surface area contributed by atoms with Gasteiger partial charge >= 0.3 is 6.61 Å². The molecule has 0 aliphatic rings. The quantitative estimate of drug-likeness (QED) is 0.541. The van der Waals surface area contributed by atoms with Crippen LogP contribution in [0.2, 0.25) is 0 Å². The Bertz CT molecular complexity index is 801. The number of aliphatic imine (C=N–C) groups is 1. The molecule has 2 aromatic carbocycles. The highest BCUT2D eigenvalue weighted by Crippen LogP contribution is 2.27. The van der Waals surface area contributed by atoms with Crippen molar-refractivity contribution >= 4 is 5.96 Å². The molecule has 2 aromatic rings. The Labute approximate surface area is 154 Å². The lowest BCUT2D eigenvalue weighted by Crippen LogP contribution is -2.31. The van der Waals surface area contributed by atoms with E-state index in [4.69, 9.17) is 15.2 Å². The van der Waals surface area contributed by atoms with E-state index in [1.54, 1.807) is 18.2 Å². The van der Waals surface area contributed by atoms with E-state index in [-0.39, 0.29) is 30.4 Å². The van der Waals surface area contributed by atoms with Crippen LogP contribution in [-0.2, 0) is 13.1 Å². The molecule has 0 unspecified atom stereocenters. The fourth-order valence-corrected chi connectivity index (χ4v) is 2.31. The number of rotatable bonds is 8. The van der Waals surface area contributed by atoms with Crippen LogP contribution in [0.5, 0.6) is 17.2 Å². The van der Waals surface area contributed by atoms with Crippen molar-refractivity contribution in [1.29, 1.82) is 0 Å². The summed E-state index contributed by atoms with van der Waals surface area (Å²) in [7, 11) is 3.06. The van der Waals surface area contributed by atoms with Crippen LogP contribution in [0.3, 0.4) is 0 Å².